The van der Waals surface area contributed by atoms with Gasteiger partial charge in [-0.3, -0.25) is 4.79 Å². The summed E-state index contributed by atoms with van der Waals surface area (Å²) in [5.74, 6) is 1.03. The minimum Gasteiger partial charge on any atom is -0.427 e. The molecule has 0 spiro atoms. The van der Waals surface area contributed by atoms with Crippen LogP contribution in [0.1, 0.15) is 58.8 Å². The molecule has 0 aliphatic heterocycles. The van der Waals surface area contributed by atoms with Crippen LogP contribution in [0.5, 0.6) is 5.75 Å². The molecule has 2 nitrogen and oxygen atoms in total. The lowest BCUT2D eigenvalue weighted by atomic mass is 9.93. The van der Waals surface area contributed by atoms with E-state index in [1.807, 2.05) is 30.3 Å². The molecule has 1 aromatic rings. The van der Waals surface area contributed by atoms with Gasteiger partial charge in [-0.25, -0.2) is 0 Å². The molecule has 0 N–H and O–H groups in total. The Morgan fingerprint density at radius 3 is 2.42 bits per heavy atom. The number of benzene rings is 1. The Morgan fingerprint density at radius 2 is 1.79 bits per heavy atom. The number of hydrogen-bond donors (Lipinski definition) is 0. The van der Waals surface area contributed by atoms with E-state index in [-0.39, 0.29) is 5.97 Å². The van der Waals surface area contributed by atoms with Crippen LogP contribution in [0.4, 0.5) is 0 Å². The smallest absolute Gasteiger partial charge is 0.311 e. The summed E-state index contributed by atoms with van der Waals surface area (Å²) >= 11 is 0. The second-order valence-corrected chi connectivity index (χ2v) is 5.14. The van der Waals surface area contributed by atoms with Crippen molar-refractivity contribution < 1.29 is 9.53 Å². The largest absolute Gasteiger partial charge is 0.427 e. The van der Waals surface area contributed by atoms with Crippen LogP contribution in [0, 0.1) is 5.92 Å². The van der Waals surface area contributed by atoms with Crippen molar-refractivity contribution in [2.45, 2.75) is 58.8 Å². The molecule has 0 aliphatic carbocycles. The second-order valence-electron chi connectivity index (χ2n) is 5.14. The van der Waals surface area contributed by atoms with Crippen LogP contribution >= 0.6 is 0 Å². The maximum Gasteiger partial charge on any atom is 0.311 e. The van der Waals surface area contributed by atoms with Crippen molar-refractivity contribution >= 4 is 5.97 Å². The highest BCUT2D eigenvalue weighted by molar-refractivity contribution is 5.72. The third kappa shape index (κ3) is 7.00. The number of esters is 1. The van der Waals surface area contributed by atoms with Gasteiger partial charge in [0.15, 0.2) is 0 Å². The Bertz CT molecular complexity index is 346. The monoisotopic (exact) mass is 262 g/mol. The Morgan fingerprint density at radius 1 is 1.05 bits per heavy atom. The Labute approximate surface area is 117 Å². The summed E-state index contributed by atoms with van der Waals surface area (Å²) in [4.78, 5) is 11.9. The molecular weight excluding hydrogens is 236 g/mol. The highest BCUT2D eigenvalue weighted by Crippen LogP contribution is 2.20. The van der Waals surface area contributed by atoms with Crippen LogP contribution in [0.25, 0.3) is 0 Å². The quantitative estimate of drug-likeness (QED) is 0.356. The summed E-state index contributed by atoms with van der Waals surface area (Å²) in [5.41, 5.74) is 0. The van der Waals surface area contributed by atoms with Crippen LogP contribution in [-0.2, 0) is 4.79 Å². The minimum atomic E-state index is -0.0962. The van der Waals surface area contributed by atoms with Crippen molar-refractivity contribution in [1.29, 1.82) is 0 Å². The maximum absolute atomic E-state index is 11.9. The van der Waals surface area contributed by atoms with Crippen molar-refractivity contribution in [1.82, 2.24) is 0 Å². The van der Waals surface area contributed by atoms with E-state index in [1.54, 1.807) is 0 Å². The van der Waals surface area contributed by atoms with Crippen LogP contribution in [0.2, 0.25) is 0 Å². The number of rotatable bonds is 9. The lowest BCUT2D eigenvalue weighted by molar-refractivity contribution is -0.135. The molecule has 0 radical (unpaired) electrons. The predicted molar refractivity (Wildman–Crippen MR) is 79.2 cm³/mol. The number of para-hydroxylation sites is 1. The first-order valence-electron chi connectivity index (χ1n) is 7.52. The fraction of sp³-hybridized carbons (Fsp3) is 0.588. The van der Waals surface area contributed by atoms with E-state index in [1.165, 1.54) is 19.3 Å². The topological polar surface area (TPSA) is 26.3 Å². The lowest BCUT2D eigenvalue weighted by Crippen LogP contribution is -2.14. The molecule has 0 saturated heterocycles. The van der Waals surface area contributed by atoms with Crippen molar-refractivity contribution in [3.8, 4) is 5.75 Å². The number of carbonyl (C=O) groups is 1. The van der Waals surface area contributed by atoms with Crippen molar-refractivity contribution in [2.24, 2.45) is 5.92 Å². The minimum absolute atomic E-state index is 0.0962. The third-order valence-electron chi connectivity index (χ3n) is 3.34. The first-order chi connectivity index (χ1) is 9.26. The first kappa shape index (κ1) is 15.7. The van der Waals surface area contributed by atoms with E-state index in [0.717, 1.165) is 19.3 Å². The van der Waals surface area contributed by atoms with E-state index in [0.29, 0.717) is 18.1 Å². The predicted octanol–water partition coefficient (Wildman–Crippen LogP) is 4.98. The number of unbranched alkanes of at least 4 members (excludes halogenated alkanes) is 2. The van der Waals surface area contributed by atoms with Gasteiger partial charge in [0.2, 0.25) is 0 Å². The van der Waals surface area contributed by atoms with Crippen LogP contribution in [0.15, 0.2) is 30.3 Å². The van der Waals surface area contributed by atoms with Gasteiger partial charge >= 0.3 is 5.97 Å². The summed E-state index contributed by atoms with van der Waals surface area (Å²) in [6.07, 6.45) is 7.65. The molecule has 0 aliphatic rings. The average molecular weight is 262 g/mol. The highest BCUT2D eigenvalue weighted by atomic mass is 16.5. The molecule has 2 heteroatoms. The van der Waals surface area contributed by atoms with Gasteiger partial charge in [-0.1, -0.05) is 64.2 Å². The first-order valence-corrected chi connectivity index (χ1v) is 7.52. The van der Waals surface area contributed by atoms with Crippen molar-refractivity contribution in [3.05, 3.63) is 30.3 Å². The molecule has 1 rings (SSSR count). The van der Waals surface area contributed by atoms with Crippen LogP contribution in [-0.4, -0.2) is 5.97 Å². The zero-order valence-electron chi connectivity index (χ0n) is 12.2. The van der Waals surface area contributed by atoms with E-state index in [4.69, 9.17) is 4.74 Å². The Balaban J connectivity index is 2.37. The van der Waals surface area contributed by atoms with Crippen molar-refractivity contribution in [2.75, 3.05) is 0 Å². The van der Waals surface area contributed by atoms with Crippen LogP contribution < -0.4 is 4.74 Å². The summed E-state index contributed by atoms with van der Waals surface area (Å²) in [6.45, 7) is 4.38. The summed E-state index contributed by atoms with van der Waals surface area (Å²) in [7, 11) is 0. The standard InChI is InChI=1S/C17H26O2/c1-3-5-7-11-15(10-4-2)14-17(18)19-16-12-8-6-9-13-16/h6,8-9,12-13,15H,3-5,7,10-11,14H2,1-2H3. The summed E-state index contributed by atoms with van der Waals surface area (Å²) in [6, 6.07) is 9.33. The number of ether oxygens (including phenoxy) is 1. The van der Waals surface area contributed by atoms with Gasteiger partial charge in [0.1, 0.15) is 5.75 Å². The fourth-order valence-corrected chi connectivity index (χ4v) is 2.34. The molecular formula is C17H26O2. The average Bonchev–Trinajstić information content (AvgIpc) is 2.40. The van der Waals surface area contributed by atoms with Crippen LogP contribution in [0.3, 0.4) is 0 Å². The second kappa shape index (κ2) is 9.60. The lowest BCUT2D eigenvalue weighted by Gasteiger charge is -2.15. The molecule has 0 saturated carbocycles. The summed E-state index contributed by atoms with van der Waals surface area (Å²) < 4.78 is 5.36. The highest BCUT2D eigenvalue weighted by Gasteiger charge is 2.14. The summed E-state index contributed by atoms with van der Waals surface area (Å²) in [5, 5.41) is 0. The molecule has 19 heavy (non-hydrogen) atoms. The molecule has 1 atom stereocenters. The molecule has 0 fully saturated rings. The van der Waals surface area contributed by atoms with Gasteiger partial charge in [0.25, 0.3) is 0 Å². The van der Waals surface area contributed by atoms with E-state index in [9.17, 15) is 4.79 Å². The molecule has 0 bridgehead atoms. The van der Waals surface area contributed by atoms with Gasteiger partial charge < -0.3 is 4.74 Å². The molecule has 0 amide bonds. The maximum atomic E-state index is 11.9. The molecule has 1 aromatic carbocycles. The Hall–Kier alpha value is -1.31. The Kier molecular flexibility index (Phi) is 7.95. The van der Waals surface area contributed by atoms with E-state index < -0.39 is 0 Å². The normalized spacial score (nSPS) is 12.1. The fourth-order valence-electron chi connectivity index (χ4n) is 2.34. The molecule has 0 heterocycles. The van der Waals surface area contributed by atoms with Gasteiger partial charge in [0, 0.05) is 6.42 Å². The number of carbonyl (C=O) groups excluding carboxylic acids is 1. The molecule has 1 unspecified atom stereocenters. The zero-order chi connectivity index (χ0) is 13.9. The zero-order valence-corrected chi connectivity index (χ0v) is 12.2. The van der Waals surface area contributed by atoms with Gasteiger partial charge in [-0.05, 0) is 24.5 Å². The van der Waals surface area contributed by atoms with E-state index in [2.05, 4.69) is 13.8 Å². The van der Waals surface area contributed by atoms with E-state index >= 15 is 0 Å². The van der Waals surface area contributed by atoms with Crippen molar-refractivity contribution in [3.63, 3.8) is 0 Å². The third-order valence-corrected chi connectivity index (χ3v) is 3.34. The molecule has 106 valence electrons. The SMILES string of the molecule is CCCCCC(CCC)CC(=O)Oc1ccccc1. The number of hydrogen-bond acceptors (Lipinski definition) is 2. The van der Waals surface area contributed by atoms with Gasteiger partial charge in [-0.2, -0.15) is 0 Å². The van der Waals surface area contributed by atoms with Gasteiger partial charge in [0.05, 0.1) is 0 Å². The van der Waals surface area contributed by atoms with Gasteiger partial charge in [-0.15, -0.1) is 0 Å². The molecule has 0 aromatic heterocycles.